The predicted octanol–water partition coefficient (Wildman–Crippen LogP) is 2.52. The van der Waals surface area contributed by atoms with E-state index in [0.29, 0.717) is 6.42 Å². The van der Waals surface area contributed by atoms with Gasteiger partial charge >= 0.3 is 5.97 Å². The van der Waals surface area contributed by atoms with Crippen LogP contribution in [0.4, 0.5) is 0 Å². The molecule has 0 heterocycles. The first kappa shape index (κ1) is 12.7. The van der Waals surface area contributed by atoms with Gasteiger partial charge in [0.05, 0.1) is 12.6 Å². The third-order valence-electron chi connectivity index (χ3n) is 3.04. The largest absolute Gasteiger partial charge is 0.461 e. The second-order valence-corrected chi connectivity index (χ2v) is 4.32. The molecule has 0 saturated heterocycles. The molecular weight excluding hydrogens is 206 g/mol. The first-order chi connectivity index (χ1) is 7.72. The molecule has 0 aromatic carbocycles. The maximum atomic E-state index is 11.5. The SMILES string of the molecule is C=CCOC(=O)CC1(C=NO)CCCCC1. The smallest absolute Gasteiger partial charge is 0.307 e. The zero-order valence-electron chi connectivity index (χ0n) is 9.52. The molecule has 0 aliphatic heterocycles. The van der Waals surface area contributed by atoms with E-state index in [0.717, 1.165) is 25.7 Å². The molecular formula is C12H19NO3. The lowest BCUT2D eigenvalue weighted by Crippen LogP contribution is -2.29. The lowest BCUT2D eigenvalue weighted by Gasteiger charge is -2.32. The molecule has 0 atom stereocenters. The second-order valence-electron chi connectivity index (χ2n) is 4.32. The van der Waals surface area contributed by atoms with E-state index in [4.69, 9.17) is 9.94 Å². The van der Waals surface area contributed by atoms with Crippen LogP contribution in [0, 0.1) is 5.41 Å². The average Bonchev–Trinajstić information content (AvgIpc) is 2.28. The molecule has 1 saturated carbocycles. The van der Waals surface area contributed by atoms with Crippen LogP contribution in [0.3, 0.4) is 0 Å². The van der Waals surface area contributed by atoms with Crippen molar-refractivity contribution in [2.24, 2.45) is 10.6 Å². The fraction of sp³-hybridized carbons (Fsp3) is 0.667. The molecule has 90 valence electrons. The third kappa shape index (κ3) is 3.68. The molecule has 0 aromatic rings. The number of ether oxygens (including phenoxy) is 1. The standard InChI is InChI=1S/C12H19NO3/c1-2-8-16-11(14)9-12(10-13-15)6-4-3-5-7-12/h2,10,15H,1,3-9H2. The van der Waals surface area contributed by atoms with E-state index >= 15 is 0 Å². The number of hydrogen-bond acceptors (Lipinski definition) is 4. The van der Waals surface area contributed by atoms with E-state index in [9.17, 15) is 4.79 Å². The number of rotatable bonds is 5. The van der Waals surface area contributed by atoms with Crippen molar-refractivity contribution in [1.29, 1.82) is 0 Å². The van der Waals surface area contributed by atoms with Gasteiger partial charge in [0.15, 0.2) is 0 Å². The second kappa shape index (κ2) is 6.30. The zero-order valence-corrected chi connectivity index (χ0v) is 9.52. The van der Waals surface area contributed by atoms with Crippen molar-refractivity contribution in [3.8, 4) is 0 Å². The summed E-state index contributed by atoms with van der Waals surface area (Å²) in [5.74, 6) is -0.248. The molecule has 0 unspecified atom stereocenters. The fourth-order valence-electron chi connectivity index (χ4n) is 2.22. The number of nitrogens with zero attached hydrogens (tertiary/aromatic N) is 1. The van der Waals surface area contributed by atoms with E-state index in [2.05, 4.69) is 11.7 Å². The van der Waals surface area contributed by atoms with Gasteiger partial charge in [0.2, 0.25) is 0 Å². The summed E-state index contributed by atoms with van der Waals surface area (Å²) < 4.78 is 4.97. The van der Waals surface area contributed by atoms with Crippen LogP contribution >= 0.6 is 0 Å². The Bertz CT molecular complexity index is 267. The Morgan fingerprint density at radius 2 is 2.12 bits per heavy atom. The van der Waals surface area contributed by atoms with Crippen LogP contribution in [0.2, 0.25) is 0 Å². The molecule has 0 spiro atoms. The Kier molecular flexibility index (Phi) is 5.02. The molecule has 4 nitrogen and oxygen atoms in total. The number of carbonyl (C=O) groups is 1. The van der Waals surface area contributed by atoms with Crippen LogP contribution in [-0.2, 0) is 9.53 Å². The van der Waals surface area contributed by atoms with Gasteiger partial charge in [-0.05, 0) is 12.8 Å². The molecule has 1 N–H and O–H groups in total. The van der Waals surface area contributed by atoms with Gasteiger partial charge in [0.1, 0.15) is 6.61 Å². The van der Waals surface area contributed by atoms with Gasteiger partial charge in [-0.3, -0.25) is 4.79 Å². The highest BCUT2D eigenvalue weighted by Gasteiger charge is 2.33. The first-order valence-electron chi connectivity index (χ1n) is 5.67. The van der Waals surface area contributed by atoms with Crippen LogP contribution in [0.15, 0.2) is 17.8 Å². The van der Waals surface area contributed by atoms with E-state index in [1.54, 1.807) is 6.08 Å². The summed E-state index contributed by atoms with van der Waals surface area (Å²) in [7, 11) is 0. The van der Waals surface area contributed by atoms with Gasteiger partial charge in [0.25, 0.3) is 0 Å². The zero-order chi connectivity index (χ0) is 11.9. The topological polar surface area (TPSA) is 58.9 Å². The van der Waals surface area contributed by atoms with Crippen molar-refractivity contribution in [2.45, 2.75) is 38.5 Å². The number of carbonyl (C=O) groups excluding carboxylic acids is 1. The highest BCUT2D eigenvalue weighted by atomic mass is 16.5. The average molecular weight is 225 g/mol. The van der Waals surface area contributed by atoms with Crippen LogP contribution in [-0.4, -0.2) is 24.0 Å². The Morgan fingerprint density at radius 3 is 2.69 bits per heavy atom. The minimum absolute atomic E-state index is 0.241. The molecule has 0 radical (unpaired) electrons. The van der Waals surface area contributed by atoms with Gasteiger partial charge in [-0.2, -0.15) is 0 Å². The Morgan fingerprint density at radius 1 is 1.44 bits per heavy atom. The number of esters is 1. The van der Waals surface area contributed by atoms with Gasteiger partial charge < -0.3 is 9.94 Å². The van der Waals surface area contributed by atoms with Crippen LogP contribution in [0.5, 0.6) is 0 Å². The minimum atomic E-state index is -0.300. The Labute approximate surface area is 96.0 Å². The normalized spacial score (nSPS) is 19.5. The molecule has 1 aliphatic rings. The van der Waals surface area contributed by atoms with E-state index in [1.807, 2.05) is 0 Å². The lowest BCUT2D eigenvalue weighted by molar-refractivity contribution is -0.144. The van der Waals surface area contributed by atoms with Gasteiger partial charge in [-0.15, -0.1) is 5.16 Å². The summed E-state index contributed by atoms with van der Waals surface area (Å²) in [6.45, 7) is 3.73. The van der Waals surface area contributed by atoms with Crippen molar-refractivity contribution in [3.63, 3.8) is 0 Å². The molecule has 0 amide bonds. The van der Waals surface area contributed by atoms with Crippen molar-refractivity contribution < 1.29 is 14.7 Å². The maximum absolute atomic E-state index is 11.5. The minimum Gasteiger partial charge on any atom is -0.461 e. The molecule has 1 rings (SSSR count). The lowest BCUT2D eigenvalue weighted by atomic mass is 9.73. The van der Waals surface area contributed by atoms with E-state index in [-0.39, 0.29) is 18.0 Å². The molecule has 0 aromatic heterocycles. The summed E-state index contributed by atoms with van der Waals surface area (Å²) in [6.07, 6.45) is 8.45. The van der Waals surface area contributed by atoms with Crippen molar-refractivity contribution in [2.75, 3.05) is 6.61 Å². The first-order valence-corrected chi connectivity index (χ1v) is 5.67. The van der Waals surface area contributed by atoms with Crippen LogP contribution in [0.1, 0.15) is 38.5 Å². The van der Waals surface area contributed by atoms with Crippen molar-refractivity contribution >= 4 is 12.2 Å². The molecule has 0 bridgehead atoms. The summed E-state index contributed by atoms with van der Waals surface area (Å²) in [5.41, 5.74) is -0.300. The van der Waals surface area contributed by atoms with E-state index in [1.165, 1.54) is 12.6 Å². The van der Waals surface area contributed by atoms with Gasteiger partial charge in [0, 0.05) is 5.41 Å². The molecule has 1 fully saturated rings. The fourth-order valence-corrected chi connectivity index (χ4v) is 2.22. The third-order valence-corrected chi connectivity index (χ3v) is 3.04. The summed E-state index contributed by atoms with van der Waals surface area (Å²) in [5, 5.41) is 11.8. The van der Waals surface area contributed by atoms with Crippen LogP contribution in [0.25, 0.3) is 0 Å². The molecule has 4 heteroatoms. The quantitative estimate of drug-likeness (QED) is 0.257. The van der Waals surface area contributed by atoms with Crippen molar-refractivity contribution in [3.05, 3.63) is 12.7 Å². The van der Waals surface area contributed by atoms with Crippen LogP contribution < -0.4 is 0 Å². The predicted molar refractivity (Wildman–Crippen MR) is 61.6 cm³/mol. The van der Waals surface area contributed by atoms with Gasteiger partial charge in [-0.1, -0.05) is 31.9 Å². The Hall–Kier alpha value is -1.32. The van der Waals surface area contributed by atoms with Crippen molar-refractivity contribution in [1.82, 2.24) is 0 Å². The highest BCUT2D eigenvalue weighted by Crippen LogP contribution is 2.37. The summed E-state index contributed by atoms with van der Waals surface area (Å²) in [6, 6.07) is 0. The van der Waals surface area contributed by atoms with Gasteiger partial charge in [-0.25, -0.2) is 0 Å². The highest BCUT2D eigenvalue weighted by molar-refractivity contribution is 5.77. The summed E-state index contributed by atoms with van der Waals surface area (Å²) >= 11 is 0. The number of oxime groups is 1. The summed E-state index contributed by atoms with van der Waals surface area (Å²) in [4.78, 5) is 11.5. The number of hydrogen-bond donors (Lipinski definition) is 1. The maximum Gasteiger partial charge on any atom is 0.307 e. The monoisotopic (exact) mass is 225 g/mol. The molecule has 16 heavy (non-hydrogen) atoms. The van der Waals surface area contributed by atoms with E-state index < -0.39 is 0 Å². The Balaban J connectivity index is 2.56. The molecule has 1 aliphatic carbocycles.